The summed E-state index contributed by atoms with van der Waals surface area (Å²) < 4.78 is 14.2. The number of hydrogen-bond acceptors (Lipinski definition) is 3. The Hall–Kier alpha value is -2.21. The van der Waals surface area contributed by atoms with Crippen molar-refractivity contribution in [3.05, 3.63) is 48.0 Å². The molecule has 2 aromatic rings. The van der Waals surface area contributed by atoms with E-state index in [1.54, 1.807) is 12.4 Å². The number of amides is 1. The first kappa shape index (κ1) is 12.3. The highest BCUT2D eigenvalue weighted by Gasteiger charge is 2.05. The van der Waals surface area contributed by atoms with Crippen LogP contribution in [0.15, 0.2) is 36.7 Å². The van der Waals surface area contributed by atoms with Gasteiger partial charge >= 0.3 is 0 Å². The zero-order chi connectivity index (χ0) is 13.0. The maximum Gasteiger partial charge on any atom is 0.246 e. The maximum atomic E-state index is 12.7. The molecule has 0 spiro atoms. The van der Waals surface area contributed by atoms with E-state index in [0.717, 1.165) is 5.56 Å². The summed E-state index contributed by atoms with van der Waals surface area (Å²) >= 11 is 0. The zero-order valence-corrected chi connectivity index (χ0v) is 9.64. The lowest BCUT2D eigenvalue weighted by Gasteiger charge is -2.05. The third-order valence-electron chi connectivity index (χ3n) is 2.36. The summed E-state index contributed by atoms with van der Waals surface area (Å²) in [6.45, 7) is 0.483. The van der Waals surface area contributed by atoms with Gasteiger partial charge in [-0.2, -0.15) is 5.10 Å². The first-order valence-electron chi connectivity index (χ1n) is 5.44. The van der Waals surface area contributed by atoms with Crippen molar-refractivity contribution in [1.29, 1.82) is 0 Å². The Labute approximate surface area is 103 Å². The molecule has 0 bridgehead atoms. The molecule has 0 atom stereocenters. The third kappa shape index (κ3) is 3.14. The molecular formula is C12H13FN4O. The lowest BCUT2D eigenvalue weighted by Crippen LogP contribution is -2.19. The second-order valence-corrected chi connectivity index (χ2v) is 3.81. The molecule has 5 nitrogen and oxygen atoms in total. The molecule has 1 heterocycles. The van der Waals surface area contributed by atoms with Gasteiger partial charge in [0, 0.05) is 24.0 Å². The number of carbonyl (C=O) groups is 1. The van der Waals surface area contributed by atoms with Gasteiger partial charge in [-0.3, -0.25) is 9.48 Å². The molecule has 6 heteroatoms. The standard InChI is InChI=1S/C12H13FN4O/c13-10-1-3-11(4-2-10)16-12(18)8-17-7-9(5-14)6-15-17/h1-4,6-7H,5,8,14H2,(H,16,18). The molecule has 0 radical (unpaired) electrons. The summed E-state index contributed by atoms with van der Waals surface area (Å²) in [4.78, 5) is 11.7. The number of halogens is 1. The second kappa shape index (κ2) is 5.42. The van der Waals surface area contributed by atoms with E-state index in [-0.39, 0.29) is 18.3 Å². The fraction of sp³-hybridized carbons (Fsp3) is 0.167. The van der Waals surface area contributed by atoms with Crippen LogP contribution in [0.2, 0.25) is 0 Å². The molecule has 1 aromatic heterocycles. The van der Waals surface area contributed by atoms with E-state index in [4.69, 9.17) is 5.73 Å². The highest BCUT2D eigenvalue weighted by atomic mass is 19.1. The van der Waals surface area contributed by atoms with Crippen LogP contribution in [0.1, 0.15) is 5.56 Å². The topological polar surface area (TPSA) is 72.9 Å². The Morgan fingerprint density at radius 2 is 2.11 bits per heavy atom. The number of nitrogens with one attached hydrogen (secondary N) is 1. The van der Waals surface area contributed by atoms with Crippen molar-refractivity contribution in [1.82, 2.24) is 9.78 Å². The summed E-state index contributed by atoms with van der Waals surface area (Å²) in [5.74, 6) is -0.569. The van der Waals surface area contributed by atoms with Crippen LogP contribution in [0.25, 0.3) is 0 Å². The number of carbonyl (C=O) groups excluding carboxylic acids is 1. The number of rotatable bonds is 4. The first-order valence-corrected chi connectivity index (χ1v) is 5.44. The zero-order valence-electron chi connectivity index (χ0n) is 9.64. The summed E-state index contributed by atoms with van der Waals surface area (Å²) in [6, 6.07) is 5.58. The van der Waals surface area contributed by atoms with Gasteiger partial charge in [0.1, 0.15) is 12.4 Å². The van der Waals surface area contributed by atoms with Crippen molar-refractivity contribution in [2.45, 2.75) is 13.1 Å². The largest absolute Gasteiger partial charge is 0.326 e. The number of anilines is 1. The minimum Gasteiger partial charge on any atom is -0.326 e. The molecule has 0 saturated heterocycles. The van der Waals surface area contributed by atoms with E-state index in [9.17, 15) is 9.18 Å². The van der Waals surface area contributed by atoms with Crippen molar-refractivity contribution >= 4 is 11.6 Å². The van der Waals surface area contributed by atoms with Gasteiger partial charge in [0.05, 0.1) is 6.20 Å². The van der Waals surface area contributed by atoms with E-state index in [1.165, 1.54) is 28.9 Å². The van der Waals surface area contributed by atoms with E-state index >= 15 is 0 Å². The molecule has 94 valence electrons. The summed E-state index contributed by atoms with van der Waals surface area (Å²) in [5, 5.41) is 6.65. The summed E-state index contributed by atoms with van der Waals surface area (Å²) in [6.07, 6.45) is 3.33. The fourth-order valence-electron chi connectivity index (χ4n) is 1.48. The first-order chi connectivity index (χ1) is 8.67. The van der Waals surface area contributed by atoms with Crippen LogP contribution in [-0.2, 0) is 17.9 Å². The van der Waals surface area contributed by atoms with Gasteiger partial charge in [0.15, 0.2) is 0 Å². The Bertz CT molecular complexity index is 535. The van der Waals surface area contributed by atoms with Gasteiger partial charge in [0.25, 0.3) is 0 Å². The molecule has 18 heavy (non-hydrogen) atoms. The van der Waals surface area contributed by atoms with Crippen molar-refractivity contribution in [3.63, 3.8) is 0 Å². The molecule has 1 amide bonds. The van der Waals surface area contributed by atoms with Gasteiger partial charge in [0.2, 0.25) is 5.91 Å². The van der Waals surface area contributed by atoms with E-state index in [2.05, 4.69) is 10.4 Å². The minimum absolute atomic E-state index is 0.0946. The van der Waals surface area contributed by atoms with Gasteiger partial charge in [-0.25, -0.2) is 4.39 Å². The Morgan fingerprint density at radius 1 is 1.39 bits per heavy atom. The molecule has 3 N–H and O–H groups in total. The van der Waals surface area contributed by atoms with Crippen LogP contribution < -0.4 is 11.1 Å². The molecule has 0 fully saturated rings. The molecule has 1 aromatic carbocycles. The van der Waals surface area contributed by atoms with Crippen molar-refractivity contribution in [2.24, 2.45) is 5.73 Å². The monoisotopic (exact) mass is 248 g/mol. The van der Waals surface area contributed by atoms with Crippen LogP contribution >= 0.6 is 0 Å². The van der Waals surface area contributed by atoms with Crippen LogP contribution in [0.4, 0.5) is 10.1 Å². The molecule has 0 aliphatic heterocycles. The van der Waals surface area contributed by atoms with Crippen molar-refractivity contribution in [3.8, 4) is 0 Å². The van der Waals surface area contributed by atoms with Crippen molar-refractivity contribution < 1.29 is 9.18 Å². The fourth-order valence-corrected chi connectivity index (χ4v) is 1.48. The highest BCUT2D eigenvalue weighted by molar-refractivity contribution is 5.90. The van der Waals surface area contributed by atoms with Gasteiger partial charge in [-0.15, -0.1) is 0 Å². The maximum absolute atomic E-state index is 12.7. The average molecular weight is 248 g/mol. The smallest absolute Gasteiger partial charge is 0.246 e. The Morgan fingerprint density at radius 3 is 2.72 bits per heavy atom. The number of hydrogen-bond donors (Lipinski definition) is 2. The highest BCUT2D eigenvalue weighted by Crippen LogP contribution is 2.08. The van der Waals surface area contributed by atoms with Crippen LogP contribution in [0.3, 0.4) is 0 Å². The minimum atomic E-state index is -0.340. The molecule has 0 unspecified atom stereocenters. The van der Waals surface area contributed by atoms with Crippen LogP contribution in [0.5, 0.6) is 0 Å². The summed E-state index contributed by atoms with van der Waals surface area (Å²) in [5.41, 5.74) is 6.86. The lowest BCUT2D eigenvalue weighted by molar-refractivity contribution is -0.116. The lowest BCUT2D eigenvalue weighted by atomic mass is 10.3. The quantitative estimate of drug-likeness (QED) is 0.851. The van der Waals surface area contributed by atoms with Crippen LogP contribution in [-0.4, -0.2) is 15.7 Å². The van der Waals surface area contributed by atoms with Crippen LogP contribution in [0, 0.1) is 5.82 Å². The van der Waals surface area contributed by atoms with Gasteiger partial charge in [-0.1, -0.05) is 0 Å². The number of aromatic nitrogens is 2. The molecule has 0 aliphatic carbocycles. The van der Waals surface area contributed by atoms with Gasteiger partial charge < -0.3 is 11.1 Å². The predicted molar refractivity (Wildman–Crippen MR) is 65.1 cm³/mol. The summed E-state index contributed by atoms with van der Waals surface area (Å²) in [7, 11) is 0. The SMILES string of the molecule is NCc1cnn(CC(=O)Nc2ccc(F)cc2)c1. The second-order valence-electron chi connectivity index (χ2n) is 3.81. The molecule has 0 aliphatic rings. The number of nitrogens with zero attached hydrogens (tertiary/aromatic N) is 2. The number of benzene rings is 1. The average Bonchev–Trinajstić information content (AvgIpc) is 2.79. The van der Waals surface area contributed by atoms with E-state index in [1.807, 2.05) is 0 Å². The molecule has 0 saturated carbocycles. The predicted octanol–water partition coefficient (Wildman–Crippen LogP) is 1.12. The van der Waals surface area contributed by atoms with E-state index in [0.29, 0.717) is 12.2 Å². The van der Waals surface area contributed by atoms with E-state index < -0.39 is 0 Å². The molecular weight excluding hydrogens is 235 g/mol. The number of nitrogens with two attached hydrogens (primary N) is 1. The molecule has 2 rings (SSSR count). The Kier molecular flexibility index (Phi) is 3.69. The van der Waals surface area contributed by atoms with Crippen molar-refractivity contribution in [2.75, 3.05) is 5.32 Å². The Balaban J connectivity index is 1.94. The van der Waals surface area contributed by atoms with Gasteiger partial charge in [-0.05, 0) is 24.3 Å². The third-order valence-corrected chi connectivity index (χ3v) is 2.36. The normalized spacial score (nSPS) is 10.3.